The minimum absolute atomic E-state index is 0.219. The number of fused-ring (bicyclic) bond motifs is 1. The molecule has 0 fully saturated rings. The first-order valence-electron chi connectivity index (χ1n) is 4.60. The summed E-state index contributed by atoms with van der Waals surface area (Å²) in [4.78, 5) is 0. The van der Waals surface area contributed by atoms with Gasteiger partial charge in [-0.2, -0.15) is 0 Å². The number of nitrogens with zero attached hydrogens (tertiary/aromatic N) is 1. The summed E-state index contributed by atoms with van der Waals surface area (Å²) in [6.07, 6.45) is 10.9. The zero-order valence-electron chi connectivity index (χ0n) is 8.32. The van der Waals surface area contributed by atoms with Gasteiger partial charge >= 0.3 is 0 Å². The van der Waals surface area contributed by atoms with Gasteiger partial charge in [0.25, 0.3) is 0 Å². The highest BCUT2D eigenvalue weighted by Crippen LogP contribution is 2.39. The molecule has 1 aliphatic carbocycles. The SMILES string of the molecule is CC(C)(C)N1C=C2C=CC=CC2S1. The number of allylic oxidation sites excluding steroid dienone is 3. The molecular weight excluding hydrogens is 178 g/mol. The summed E-state index contributed by atoms with van der Waals surface area (Å²) in [5, 5.41) is 0.546. The zero-order valence-corrected chi connectivity index (χ0v) is 9.14. The number of hydrogen-bond acceptors (Lipinski definition) is 2. The Labute approximate surface area is 84.3 Å². The van der Waals surface area contributed by atoms with Crippen LogP contribution in [0.25, 0.3) is 0 Å². The molecule has 1 nitrogen and oxygen atoms in total. The molecule has 0 amide bonds. The lowest BCUT2D eigenvalue weighted by molar-refractivity contribution is 0.352. The van der Waals surface area contributed by atoms with Gasteiger partial charge in [0.15, 0.2) is 0 Å². The molecule has 2 heteroatoms. The van der Waals surface area contributed by atoms with Crippen molar-refractivity contribution in [3.8, 4) is 0 Å². The van der Waals surface area contributed by atoms with Crippen molar-refractivity contribution in [1.82, 2.24) is 4.31 Å². The average Bonchev–Trinajstić information content (AvgIpc) is 2.45. The van der Waals surface area contributed by atoms with Crippen molar-refractivity contribution in [3.05, 3.63) is 36.1 Å². The van der Waals surface area contributed by atoms with Crippen LogP contribution in [0.3, 0.4) is 0 Å². The standard InChI is InChI=1S/C11H15NS/c1-11(2,3)12-8-9-6-4-5-7-10(9)13-12/h4-8,10H,1-3H3. The predicted molar refractivity (Wildman–Crippen MR) is 59.3 cm³/mol. The maximum atomic E-state index is 2.34. The van der Waals surface area contributed by atoms with Crippen molar-refractivity contribution in [2.75, 3.05) is 0 Å². The van der Waals surface area contributed by atoms with E-state index in [1.165, 1.54) is 5.57 Å². The fourth-order valence-electron chi connectivity index (χ4n) is 1.39. The zero-order chi connectivity index (χ0) is 9.47. The van der Waals surface area contributed by atoms with E-state index in [1.54, 1.807) is 0 Å². The van der Waals surface area contributed by atoms with Crippen molar-refractivity contribution in [3.63, 3.8) is 0 Å². The van der Waals surface area contributed by atoms with Crippen molar-refractivity contribution in [2.45, 2.75) is 31.6 Å². The molecule has 70 valence electrons. The molecule has 0 aromatic carbocycles. The van der Waals surface area contributed by atoms with Gasteiger partial charge in [-0.05, 0) is 38.3 Å². The number of hydrogen-bond donors (Lipinski definition) is 0. The Bertz CT molecular complexity index is 294. The molecule has 13 heavy (non-hydrogen) atoms. The second-order valence-corrected chi connectivity index (χ2v) is 5.51. The van der Waals surface area contributed by atoms with Gasteiger partial charge < -0.3 is 4.31 Å². The third-order valence-electron chi connectivity index (χ3n) is 2.17. The largest absolute Gasteiger partial charge is 0.317 e. The first kappa shape index (κ1) is 8.95. The fraction of sp³-hybridized carbons (Fsp3) is 0.455. The van der Waals surface area contributed by atoms with E-state index in [-0.39, 0.29) is 5.54 Å². The van der Waals surface area contributed by atoms with E-state index in [4.69, 9.17) is 0 Å². The Balaban J connectivity index is 2.21. The Morgan fingerprint density at radius 2 is 2.08 bits per heavy atom. The quantitative estimate of drug-likeness (QED) is 0.544. The van der Waals surface area contributed by atoms with E-state index in [2.05, 4.69) is 55.6 Å². The molecule has 0 N–H and O–H groups in total. The van der Waals surface area contributed by atoms with Gasteiger partial charge in [-0.1, -0.05) is 24.3 Å². The molecular formula is C11H15NS. The molecule has 0 spiro atoms. The Morgan fingerprint density at radius 3 is 2.69 bits per heavy atom. The minimum atomic E-state index is 0.219. The second-order valence-electron chi connectivity index (χ2n) is 4.40. The molecule has 1 atom stereocenters. The van der Waals surface area contributed by atoms with Crippen LogP contribution in [0.5, 0.6) is 0 Å². The molecule has 0 bridgehead atoms. The normalized spacial score (nSPS) is 26.2. The lowest BCUT2D eigenvalue weighted by atomic mass is 10.1. The molecule has 2 rings (SSSR count). The van der Waals surface area contributed by atoms with Crippen molar-refractivity contribution in [1.29, 1.82) is 0 Å². The van der Waals surface area contributed by atoms with E-state index in [0.717, 1.165) is 0 Å². The van der Waals surface area contributed by atoms with Crippen LogP contribution in [0, 0.1) is 0 Å². The molecule has 1 unspecified atom stereocenters. The van der Waals surface area contributed by atoms with Crippen LogP contribution >= 0.6 is 11.9 Å². The molecule has 0 aromatic heterocycles. The summed E-state index contributed by atoms with van der Waals surface area (Å²) in [6, 6.07) is 0. The lowest BCUT2D eigenvalue weighted by Crippen LogP contribution is -2.30. The van der Waals surface area contributed by atoms with Gasteiger partial charge in [0.1, 0.15) is 0 Å². The topological polar surface area (TPSA) is 3.24 Å². The first-order chi connectivity index (χ1) is 6.07. The van der Waals surface area contributed by atoms with Crippen LogP contribution in [-0.2, 0) is 0 Å². The van der Waals surface area contributed by atoms with Crippen LogP contribution in [-0.4, -0.2) is 15.1 Å². The molecule has 1 heterocycles. The molecule has 0 radical (unpaired) electrons. The third-order valence-corrected chi connectivity index (χ3v) is 3.71. The highest BCUT2D eigenvalue weighted by Gasteiger charge is 2.29. The highest BCUT2D eigenvalue weighted by molar-refractivity contribution is 7.98. The van der Waals surface area contributed by atoms with Crippen LogP contribution in [0.2, 0.25) is 0 Å². The van der Waals surface area contributed by atoms with Gasteiger partial charge in [0.2, 0.25) is 0 Å². The third kappa shape index (κ3) is 1.68. The molecule has 0 saturated heterocycles. The number of rotatable bonds is 0. The van der Waals surface area contributed by atoms with Crippen LogP contribution in [0.1, 0.15) is 20.8 Å². The maximum absolute atomic E-state index is 2.34. The van der Waals surface area contributed by atoms with Crippen molar-refractivity contribution >= 4 is 11.9 Å². The van der Waals surface area contributed by atoms with Gasteiger partial charge in [-0.3, -0.25) is 0 Å². The van der Waals surface area contributed by atoms with Gasteiger partial charge in [0, 0.05) is 11.7 Å². The fourth-order valence-corrected chi connectivity index (χ4v) is 2.56. The Hall–Kier alpha value is -0.630. The second kappa shape index (κ2) is 2.95. The van der Waals surface area contributed by atoms with Crippen LogP contribution in [0.4, 0.5) is 0 Å². The van der Waals surface area contributed by atoms with Crippen LogP contribution in [0.15, 0.2) is 36.1 Å². The van der Waals surface area contributed by atoms with Crippen molar-refractivity contribution in [2.24, 2.45) is 0 Å². The minimum Gasteiger partial charge on any atom is -0.317 e. The molecule has 2 aliphatic rings. The van der Waals surface area contributed by atoms with E-state index in [9.17, 15) is 0 Å². The average molecular weight is 193 g/mol. The highest BCUT2D eigenvalue weighted by atomic mass is 32.2. The smallest absolute Gasteiger partial charge is 0.0695 e. The van der Waals surface area contributed by atoms with E-state index in [1.807, 2.05) is 11.9 Å². The van der Waals surface area contributed by atoms with E-state index < -0.39 is 0 Å². The van der Waals surface area contributed by atoms with E-state index in [0.29, 0.717) is 5.25 Å². The summed E-state index contributed by atoms with van der Waals surface area (Å²) < 4.78 is 2.34. The first-order valence-corrected chi connectivity index (χ1v) is 5.44. The Morgan fingerprint density at radius 1 is 1.31 bits per heavy atom. The van der Waals surface area contributed by atoms with E-state index >= 15 is 0 Å². The van der Waals surface area contributed by atoms with Gasteiger partial charge in [0.05, 0.1) is 5.25 Å². The van der Waals surface area contributed by atoms with Crippen molar-refractivity contribution < 1.29 is 0 Å². The maximum Gasteiger partial charge on any atom is 0.0695 e. The Kier molecular flexibility index (Phi) is 2.03. The summed E-state index contributed by atoms with van der Waals surface area (Å²) >= 11 is 1.90. The summed E-state index contributed by atoms with van der Waals surface area (Å²) in [5.74, 6) is 0. The lowest BCUT2D eigenvalue weighted by Gasteiger charge is -2.30. The monoisotopic (exact) mass is 193 g/mol. The molecule has 0 aromatic rings. The van der Waals surface area contributed by atoms with Crippen LogP contribution < -0.4 is 0 Å². The summed E-state index contributed by atoms with van der Waals surface area (Å²) in [7, 11) is 0. The summed E-state index contributed by atoms with van der Waals surface area (Å²) in [6.45, 7) is 6.71. The molecule has 0 saturated carbocycles. The van der Waals surface area contributed by atoms with Gasteiger partial charge in [-0.15, -0.1) is 0 Å². The summed E-state index contributed by atoms with van der Waals surface area (Å²) in [5.41, 5.74) is 1.64. The molecule has 1 aliphatic heterocycles. The predicted octanol–water partition coefficient (Wildman–Crippen LogP) is 3.13. The van der Waals surface area contributed by atoms with Gasteiger partial charge in [-0.25, -0.2) is 0 Å².